The summed E-state index contributed by atoms with van der Waals surface area (Å²) in [6.07, 6.45) is 4.70. The summed E-state index contributed by atoms with van der Waals surface area (Å²) in [5.41, 5.74) is 0.701. The summed E-state index contributed by atoms with van der Waals surface area (Å²) < 4.78 is 5.26. The minimum Gasteiger partial charge on any atom is -0.480 e. The van der Waals surface area contributed by atoms with E-state index in [4.69, 9.17) is 16.3 Å². The van der Waals surface area contributed by atoms with Crippen LogP contribution >= 0.6 is 11.6 Å². The number of carboxylic acids is 1. The van der Waals surface area contributed by atoms with Crippen molar-refractivity contribution in [3.8, 4) is 0 Å². The minimum absolute atomic E-state index is 0.0193. The number of benzene rings is 1. The largest absolute Gasteiger partial charge is 0.480 e. The number of carbonyl (C=O) groups excluding carboxylic acids is 3. The Kier molecular flexibility index (Phi) is 11.1. The fourth-order valence-corrected chi connectivity index (χ4v) is 4.18. The summed E-state index contributed by atoms with van der Waals surface area (Å²) >= 11 is 5.95. The van der Waals surface area contributed by atoms with Crippen molar-refractivity contribution in [2.24, 2.45) is 5.92 Å². The first-order chi connectivity index (χ1) is 16.2. The Labute approximate surface area is 205 Å². The first kappa shape index (κ1) is 27.4. The number of hydrogen-bond donors (Lipinski definition) is 3. The topological polar surface area (TPSA) is 125 Å². The van der Waals surface area contributed by atoms with Gasteiger partial charge in [0.05, 0.1) is 0 Å². The van der Waals surface area contributed by atoms with Crippen LogP contribution in [-0.4, -0.2) is 60.1 Å². The molecule has 2 atom stereocenters. The minimum atomic E-state index is -1.24. The van der Waals surface area contributed by atoms with E-state index in [1.54, 1.807) is 38.4 Å². The average Bonchev–Trinajstić information content (AvgIpc) is 2.80. The number of aliphatic carboxylic acids is 1. The highest BCUT2D eigenvalue weighted by atomic mass is 35.5. The lowest BCUT2D eigenvalue weighted by molar-refractivity contribution is -0.142. The van der Waals surface area contributed by atoms with E-state index in [1.165, 1.54) is 4.90 Å². The van der Waals surface area contributed by atoms with Crippen molar-refractivity contribution in [1.82, 2.24) is 15.5 Å². The Morgan fingerprint density at radius 3 is 2.44 bits per heavy atom. The van der Waals surface area contributed by atoms with E-state index in [2.05, 4.69) is 10.6 Å². The predicted molar refractivity (Wildman–Crippen MR) is 127 cm³/mol. The molecule has 1 fully saturated rings. The molecule has 1 saturated carbocycles. The number of nitrogens with one attached hydrogen (secondary N) is 2. The van der Waals surface area contributed by atoms with Crippen LogP contribution in [0.25, 0.3) is 0 Å². The average molecular weight is 496 g/mol. The molecule has 0 radical (unpaired) electrons. The molecule has 2 rings (SSSR count). The van der Waals surface area contributed by atoms with Crippen LogP contribution in [0, 0.1) is 5.92 Å². The van der Waals surface area contributed by atoms with Crippen LogP contribution in [0.15, 0.2) is 24.3 Å². The second kappa shape index (κ2) is 13.8. The van der Waals surface area contributed by atoms with Crippen molar-refractivity contribution in [1.29, 1.82) is 0 Å². The number of ether oxygens (including phenoxy) is 1. The molecular formula is C24H34ClN3O6. The van der Waals surface area contributed by atoms with Gasteiger partial charge in [-0.15, -0.1) is 0 Å². The summed E-state index contributed by atoms with van der Waals surface area (Å²) in [4.78, 5) is 50.3. The number of rotatable bonds is 11. The molecule has 34 heavy (non-hydrogen) atoms. The van der Waals surface area contributed by atoms with Crippen LogP contribution < -0.4 is 10.6 Å². The Morgan fingerprint density at radius 1 is 1.12 bits per heavy atom. The first-order valence-corrected chi connectivity index (χ1v) is 11.9. The van der Waals surface area contributed by atoms with E-state index < -0.39 is 30.1 Å². The third kappa shape index (κ3) is 9.59. The standard InChI is InChI=1S/C24H34ClN3O6/c1-28(2)21(29)12-11-19(23(31)32)26-22(30)20(14-16-7-4-3-5-8-16)27-24(33)34-15-17-9-6-10-18(25)13-17/h6,9-10,13,16,19-20H,3-5,7-8,11-12,14-15H2,1-2H3,(H,26,30)(H,27,33)(H,31,32). The number of hydrogen-bond acceptors (Lipinski definition) is 5. The Morgan fingerprint density at radius 2 is 1.82 bits per heavy atom. The maximum absolute atomic E-state index is 13.0. The third-order valence-corrected chi connectivity index (χ3v) is 6.16. The van der Waals surface area contributed by atoms with Crippen LogP contribution in [0.4, 0.5) is 4.79 Å². The SMILES string of the molecule is CN(C)C(=O)CCC(NC(=O)C(CC1CCCCC1)NC(=O)OCc1cccc(Cl)c1)C(=O)O. The van der Waals surface area contributed by atoms with Gasteiger partial charge in [0, 0.05) is 25.5 Å². The van der Waals surface area contributed by atoms with Gasteiger partial charge in [0.1, 0.15) is 18.7 Å². The predicted octanol–water partition coefficient (Wildman–Crippen LogP) is 3.34. The lowest BCUT2D eigenvalue weighted by Crippen LogP contribution is -2.52. The molecule has 3 N–H and O–H groups in total. The lowest BCUT2D eigenvalue weighted by Gasteiger charge is -2.27. The van der Waals surface area contributed by atoms with Crippen LogP contribution in [0.1, 0.15) is 56.9 Å². The number of alkyl carbamates (subject to hydrolysis) is 1. The van der Waals surface area contributed by atoms with Gasteiger partial charge in [0.25, 0.3) is 0 Å². The fraction of sp³-hybridized carbons (Fsp3) is 0.583. The van der Waals surface area contributed by atoms with Crippen LogP contribution in [0.2, 0.25) is 5.02 Å². The molecule has 9 nitrogen and oxygen atoms in total. The highest BCUT2D eigenvalue weighted by molar-refractivity contribution is 6.30. The van der Waals surface area contributed by atoms with Crippen molar-refractivity contribution >= 4 is 35.5 Å². The molecule has 0 spiro atoms. The van der Waals surface area contributed by atoms with Gasteiger partial charge in [-0.2, -0.15) is 0 Å². The summed E-state index contributed by atoms with van der Waals surface area (Å²) in [5.74, 6) is -1.83. The number of halogens is 1. The van der Waals surface area contributed by atoms with Gasteiger partial charge in [-0.05, 0) is 36.5 Å². The van der Waals surface area contributed by atoms with Gasteiger partial charge < -0.3 is 25.4 Å². The second-order valence-electron chi connectivity index (χ2n) is 8.87. The highest BCUT2D eigenvalue weighted by Gasteiger charge is 2.30. The molecule has 1 aliphatic carbocycles. The molecule has 0 saturated heterocycles. The normalized spacial score (nSPS) is 15.6. The van der Waals surface area contributed by atoms with Gasteiger partial charge in [0.15, 0.2) is 0 Å². The number of amides is 3. The molecule has 2 unspecified atom stereocenters. The summed E-state index contributed by atoms with van der Waals surface area (Å²) in [5, 5.41) is 15.1. The van der Waals surface area contributed by atoms with Gasteiger partial charge >= 0.3 is 12.1 Å². The van der Waals surface area contributed by atoms with Gasteiger partial charge in [-0.3, -0.25) is 9.59 Å². The zero-order valence-corrected chi connectivity index (χ0v) is 20.5. The third-order valence-electron chi connectivity index (χ3n) is 5.92. The lowest BCUT2D eigenvalue weighted by atomic mass is 9.84. The Balaban J connectivity index is 2.01. The molecule has 0 aliphatic heterocycles. The first-order valence-electron chi connectivity index (χ1n) is 11.6. The maximum Gasteiger partial charge on any atom is 0.408 e. The van der Waals surface area contributed by atoms with Gasteiger partial charge in [0.2, 0.25) is 11.8 Å². The summed E-state index contributed by atoms with van der Waals surface area (Å²) in [6.45, 7) is -0.0193. The molecule has 0 bridgehead atoms. The molecular weight excluding hydrogens is 462 g/mol. The molecule has 3 amide bonds. The number of carboxylic acid groups (broad SMARTS) is 1. The van der Waals surface area contributed by atoms with Crippen molar-refractivity contribution < 1.29 is 29.0 Å². The van der Waals surface area contributed by atoms with E-state index in [-0.39, 0.29) is 31.3 Å². The molecule has 188 valence electrons. The van der Waals surface area contributed by atoms with Crippen molar-refractivity contribution in [2.45, 2.75) is 70.1 Å². The molecule has 10 heteroatoms. The fourth-order valence-electron chi connectivity index (χ4n) is 3.97. The Hall–Kier alpha value is -2.81. The van der Waals surface area contributed by atoms with Crippen molar-refractivity contribution in [3.63, 3.8) is 0 Å². The molecule has 1 aromatic rings. The molecule has 0 aromatic heterocycles. The van der Waals surface area contributed by atoms with E-state index in [0.29, 0.717) is 17.0 Å². The second-order valence-corrected chi connectivity index (χ2v) is 9.31. The zero-order chi connectivity index (χ0) is 25.1. The quantitative estimate of drug-likeness (QED) is 0.432. The summed E-state index contributed by atoms with van der Waals surface area (Å²) in [6, 6.07) is 4.70. The molecule has 1 aromatic carbocycles. The van der Waals surface area contributed by atoms with E-state index in [0.717, 1.165) is 32.1 Å². The Bertz CT molecular complexity index is 857. The van der Waals surface area contributed by atoms with E-state index in [1.807, 2.05) is 0 Å². The maximum atomic E-state index is 13.0. The van der Waals surface area contributed by atoms with E-state index >= 15 is 0 Å². The molecule has 0 heterocycles. The number of nitrogens with zero attached hydrogens (tertiary/aromatic N) is 1. The summed E-state index contributed by atoms with van der Waals surface area (Å²) in [7, 11) is 3.16. The zero-order valence-electron chi connectivity index (χ0n) is 19.7. The van der Waals surface area contributed by atoms with Crippen LogP contribution in [0.3, 0.4) is 0 Å². The van der Waals surface area contributed by atoms with Gasteiger partial charge in [-0.25, -0.2) is 9.59 Å². The van der Waals surface area contributed by atoms with Gasteiger partial charge in [-0.1, -0.05) is 55.8 Å². The van der Waals surface area contributed by atoms with E-state index in [9.17, 15) is 24.3 Å². The van der Waals surface area contributed by atoms with Crippen LogP contribution in [-0.2, 0) is 25.7 Å². The molecule has 1 aliphatic rings. The smallest absolute Gasteiger partial charge is 0.408 e. The highest BCUT2D eigenvalue weighted by Crippen LogP contribution is 2.27. The van der Waals surface area contributed by atoms with Crippen molar-refractivity contribution in [2.75, 3.05) is 14.1 Å². The van der Waals surface area contributed by atoms with Crippen LogP contribution in [0.5, 0.6) is 0 Å². The number of carbonyl (C=O) groups is 4. The van der Waals surface area contributed by atoms with Crippen molar-refractivity contribution in [3.05, 3.63) is 34.9 Å². The monoisotopic (exact) mass is 495 g/mol.